The molecule has 2 unspecified atom stereocenters. The summed E-state index contributed by atoms with van der Waals surface area (Å²) in [5.74, 6) is 0.906. The summed E-state index contributed by atoms with van der Waals surface area (Å²) < 4.78 is 10.5. The maximum absolute atomic E-state index is 10.5. The average Bonchev–Trinajstić information content (AvgIpc) is 1.65. The highest BCUT2D eigenvalue weighted by Crippen LogP contribution is 1.91. The molecule has 0 saturated carbocycles. The second-order valence-electron chi connectivity index (χ2n) is 1.55. The summed E-state index contributed by atoms with van der Waals surface area (Å²) in [6.07, 6.45) is -0.671. The molecular formula is C5H11O2S. The Balaban J connectivity index is 3.10. The van der Waals surface area contributed by atoms with E-state index >= 15 is 0 Å². The van der Waals surface area contributed by atoms with Crippen molar-refractivity contribution in [1.82, 2.24) is 0 Å². The first-order valence-corrected chi connectivity index (χ1v) is 4.01. The first kappa shape index (κ1) is 8.27. The maximum Gasteiger partial charge on any atom is 0.131 e. The van der Waals surface area contributed by atoms with Crippen molar-refractivity contribution in [1.29, 1.82) is 0 Å². The third-order valence-corrected chi connectivity index (χ3v) is 2.10. The Morgan fingerprint density at radius 3 is 2.50 bits per heavy atom. The lowest BCUT2D eigenvalue weighted by Crippen LogP contribution is -2.19. The van der Waals surface area contributed by atoms with E-state index in [-0.39, 0.29) is 0 Å². The summed E-state index contributed by atoms with van der Waals surface area (Å²) in [5.41, 5.74) is 0. The van der Waals surface area contributed by atoms with Gasteiger partial charge in [-0.2, -0.15) is 0 Å². The van der Waals surface area contributed by atoms with Crippen LogP contribution in [0.5, 0.6) is 0 Å². The van der Waals surface area contributed by atoms with Crippen LogP contribution in [0.15, 0.2) is 0 Å². The van der Waals surface area contributed by atoms with Gasteiger partial charge in [0, 0.05) is 0 Å². The molecule has 49 valence electrons. The van der Waals surface area contributed by atoms with E-state index in [1.54, 1.807) is 0 Å². The second kappa shape index (κ2) is 4.18. The summed E-state index contributed by atoms with van der Waals surface area (Å²) in [4.78, 5) is 0. The fourth-order valence-corrected chi connectivity index (χ4v) is 0.997. The normalized spacial score (nSPS) is 18.0. The van der Waals surface area contributed by atoms with Crippen LogP contribution in [-0.2, 0) is 11.2 Å². The Bertz CT molecular complexity index is 56.4. The zero-order valence-electron chi connectivity index (χ0n) is 4.96. The zero-order valence-corrected chi connectivity index (χ0v) is 5.78. The molecule has 0 aliphatic heterocycles. The van der Waals surface area contributed by atoms with Crippen molar-refractivity contribution in [2.75, 3.05) is 11.5 Å². The molecule has 0 bridgehead atoms. The van der Waals surface area contributed by atoms with Crippen molar-refractivity contribution in [2.45, 2.75) is 13.0 Å². The third-order valence-electron chi connectivity index (χ3n) is 0.700. The molecule has 0 saturated heterocycles. The molecule has 2 nitrogen and oxygen atoms in total. The first-order valence-electron chi connectivity index (χ1n) is 2.53. The molecule has 0 aromatic carbocycles. The first-order chi connectivity index (χ1) is 3.66. The number of aliphatic hydroxyl groups excluding tert-OH is 1. The van der Waals surface area contributed by atoms with Crippen LogP contribution in [0.2, 0.25) is 0 Å². The molecule has 0 aliphatic rings. The Morgan fingerprint density at radius 1 is 1.88 bits per heavy atom. The topological polar surface area (TPSA) is 43.3 Å². The van der Waals surface area contributed by atoms with Crippen molar-refractivity contribution in [2.24, 2.45) is 0 Å². The van der Waals surface area contributed by atoms with Crippen LogP contribution in [0.1, 0.15) is 6.92 Å². The molecule has 0 aromatic rings. The number of aliphatic hydroxyl groups is 1. The van der Waals surface area contributed by atoms with Crippen LogP contribution in [0.3, 0.4) is 0 Å². The van der Waals surface area contributed by atoms with E-state index in [0.717, 1.165) is 0 Å². The zero-order chi connectivity index (χ0) is 6.57. The number of hydrogen-bond donors (Lipinski definition) is 1. The van der Waals surface area contributed by atoms with Crippen molar-refractivity contribution in [3.8, 4) is 0 Å². The van der Waals surface area contributed by atoms with Crippen molar-refractivity contribution in [3.05, 3.63) is 6.92 Å². The van der Waals surface area contributed by atoms with E-state index in [1.807, 2.05) is 6.92 Å². The summed E-state index contributed by atoms with van der Waals surface area (Å²) in [7, 11) is 0. The Hall–Kier alpha value is 0.270. The van der Waals surface area contributed by atoms with Crippen LogP contribution in [-0.4, -0.2) is 27.3 Å². The van der Waals surface area contributed by atoms with Crippen LogP contribution < -0.4 is 0 Å². The standard InChI is InChI=1S/C5H11O2S/c1-3-8(7)4-5(2)6/h5-6H,2-4H2,1H3. The van der Waals surface area contributed by atoms with Gasteiger partial charge in [-0.3, -0.25) is 0 Å². The van der Waals surface area contributed by atoms with Gasteiger partial charge in [0.25, 0.3) is 0 Å². The van der Waals surface area contributed by atoms with Gasteiger partial charge in [-0.15, -0.1) is 0 Å². The van der Waals surface area contributed by atoms with E-state index in [0.29, 0.717) is 11.5 Å². The monoisotopic (exact) mass is 135 g/mol. The quantitative estimate of drug-likeness (QED) is 0.551. The van der Waals surface area contributed by atoms with Gasteiger partial charge in [0.15, 0.2) is 0 Å². The van der Waals surface area contributed by atoms with Gasteiger partial charge in [-0.25, -0.2) is 0 Å². The lowest BCUT2D eigenvalue weighted by molar-refractivity contribution is 0.243. The molecule has 0 amide bonds. The fourth-order valence-electron chi connectivity index (χ4n) is 0.332. The lowest BCUT2D eigenvalue weighted by Gasteiger charge is -2.08. The van der Waals surface area contributed by atoms with E-state index in [4.69, 9.17) is 5.11 Å². The van der Waals surface area contributed by atoms with Crippen molar-refractivity contribution < 1.29 is 9.66 Å². The Labute approximate surface area is 53.1 Å². The molecule has 0 spiro atoms. The third kappa shape index (κ3) is 4.43. The van der Waals surface area contributed by atoms with Gasteiger partial charge in [-0.05, 0) is 13.8 Å². The number of rotatable bonds is 3. The minimum absolute atomic E-state index is 0.302. The predicted octanol–water partition coefficient (Wildman–Crippen LogP) is -0.0500. The molecule has 1 radical (unpaired) electrons. The highest BCUT2D eigenvalue weighted by Gasteiger charge is 2.05. The van der Waals surface area contributed by atoms with E-state index in [2.05, 4.69) is 6.92 Å². The minimum Gasteiger partial charge on any atom is -0.616 e. The van der Waals surface area contributed by atoms with Gasteiger partial charge >= 0.3 is 0 Å². The van der Waals surface area contributed by atoms with Crippen LogP contribution in [0.25, 0.3) is 0 Å². The summed E-state index contributed by atoms with van der Waals surface area (Å²) in [6.45, 7) is 5.11. The SMILES string of the molecule is [CH2]C(O)C[S+]([O-])CC. The molecule has 8 heavy (non-hydrogen) atoms. The van der Waals surface area contributed by atoms with Gasteiger partial charge < -0.3 is 9.66 Å². The Kier molecular flexibility index (Phi) is 4.32. The van der Waals surface area contributed by atoms with Crippen LogP contribution >= 0.6 is 0 Å². The van der Waals surface area contributed by atoms with E-state index in [9.17, 15) is 4.55 Å². The fraction of sp³-hybridized carbons (Fsp3) is 0.800. The van der Waals surface area contributed by atoms with E-state index < -0.39 is 17.3 Å². The molecule has 0 heterocycles. The van der Waals surface area contributed by atoms with Crippen LogP contribution in [0.4, 0.5) is 0 Å². The molecule has 0 rings (SSSR count). The van der Waals surface area contributed by atoms with Gasteiger partial charge in [-0.1, -0.05) is 11.2 Å². The molecule has 0 aliphatic carbocycles. The molecule has 2 atom stereocenters. The predicted molar refractivity (Wildman–Crippen MR) is 34.9 cm³/mol. The molecule has 0 aromatic heterocycles. The van der Waals surface area contributed by atoms with E-state index in [1.165, 1.54) is 0 Å². The maximum atomic E-state index is 10.5. The van der Waals surface area contributed by atoms with Crippen molar-refractivity contribution in [3.63, 3.8) is 0 Å². The molecule has 1 N–H and O–H groups in total. The number of hydrogen-bond acceptors (Lipinski definition) is 2. The van der Waals surface area contributed by atoms with Gasteiger partial charge in [0.2, 0.25) is 0 Å². The second-order valence-corrected chi connectivity index (χ2v) is 3.34. The molecule has 0 fully saturated rings. The average molecular weight is 135 g/mol. The Morgan fingerprint density at radius 2 is 2.38 bits per heavy atom. The van der Waals surface area contributed by atoms with Crippen LogP contribution in [0, 0.1) is 6.92 Å². The molecular weight excluding hydrogens is 124 g/mol. The highest BCUT2D eigenvalue weighted by atomic mass is 32.2. The summed E-state index contributed by atoms with van der Waals surface area (Å²) in [6, 6.07) is 0. The highest BCUT2D eigenvalue weighted by molar-refractivity contribution is 7.91. The summed E-state index contributed by atoms with van der Waals surface area (Å²) in [5, 5.41) is 8.55. The smallest absolute Gasteiger partial charge is 0.131 e. The minimum atomic E-state index is -0.870. The lowest BCUT2D eigenvalue weighted by atomic mass is 10.5. The van der Waals surface area contributed by atoms with Gasteiger partial charge in [0.1, 0.15) is 11.5 Å². The van der Waals surface area contributed by atoms with Crippen molar-refractivity contribution >= 4 is 11.2 Å². The molecule has 3 heteroatoms. The van der Waals surface area contributed by atoms with Gasteiger partial charge in [0.05, 0.1) is 6.10 Å². The largest absolute Gasteiger partial charge is 0.616 e. The summed E-state index contributed by atoms with van der Waals surface area (Å²) >= 11 is -0.870.